The van der Waals surface area contributed by atoms with Gasteiger partial charge in [0, 0.05) is 12.1 Å². The summed E-state index contributed by atoms with van der Waals surface area (Å²) in [4.78, 5) is 28.1. The molecule has 0 aliphatic carbocycles. The minimum atomic E-state index is -4.33. The molecule has 0 aliphatic rings. The van der Waals surface area contributed by atoms with E-state index in [1.54, 1.807) is 29.5 Å². The maximum absolute atomic E-state index is 13.1. The molecule has 0 saturated heterocycles. The molecule has 5 rings (SSSR count). The van der Waals surface area contributed by atoms with Crippen molar-refractivity contribution in [1.82, 2.24) is 9.38 Å². The normalized spacial score (nSPS) is 12.3. The summed E-state index contributed by atoms with van der Waals surface area (Å²) in [5.74, 6) is 0.0412. The zero-order valence-corrected chi connectivity index (χ0v) is 22.2. The molecule has 0 unspecified atom stereocenters. The molecule has 5 aromatic rings. The third-order valence-corrected chi connectivity index (χ3v) is 8.10. The van der Waals surface area contributed by atoms with Crippen LogP contribution in [0.5, 0.6) is 11.5 Å². The first-order valence-electron chi connectivity index (χ1n) is 10.7. The summed E-state index contributed by atoms with van der Waals surface area (Å²) in [7, 11) is -4.33. The molecule has 3 aromatic carbocycles. The number of hydrogen-bond acceptors (Lipinski definition) is 9. The Morgan fingerprint density at radius 1 is 1.16 bits per heavy atom. The van der Waals surface area contributed by atoms with Gasteiger partial charge in [0.15, 0.2) is 16.5 Å². The largest absolute Gasteiger partial charge is 0.490 e. The number of nitro benzene ring substituents is 1. The molecule has 0 bridgehead atoms. The fraction of sp³-hybridized carbons (Fsp3) is 0.0833. The van der Waals surface area contributed by atoms with Gasteiger partial charge in [-0.05, 0) is 70.9 Å². The number of halogens is 1. The van der Waals surface area contributed by atoms with Crippen LogP contribution in [0.2, 0.25) is 0 Å². The molecule has 10 nitrogen and oxygen atoms in total. The Bertz CT molecular complexity index is 1900. The van der Waals surface area contributed by atoms with Gasteiger partial charge in [0.2, 0.25) is 0 Å². The number of fused-ring (bicyclic) bond motifs is 3. The molecule has 0 fully saturated rings. The zero-order chi connectivity index (χ0) is 26.3. The zero-order valence-electron chi connectivity index (χ0n) is 19.0. The van der Waals surface area contributed by atoms with Crippen LogP contribution in [0.15, 0.2) is 74.8 Å². The Hall–Kier alpha value is -3.81. The molecule has 0 radical (unpaired) electrons. The van der Waals surface area contributed by atoms with E-state index < -0.39 is 15.0 Å². The van der Waals surface area contributed by atoms with Crippen molar-refractivity contribution in [2.24, 2.45) is 0 Å². The number of aromatic nitrogens is 2. The Kier molecular flexibility index (Phi) is 6.43. The SMILES string of the molecule is CCOc1cc(/C=c2/sc3nc4ccccc4n3c2=O)cc(Br)c1OS(=O)(=O)c1ccc([N+](=O)[O-])cc1. The molecule has 0 amide bonds. The number of hydrogen-bond donors (Lipinski definition) is 0. The van der Waals surface area contributed by atoms with Crippen LogP contribution in [0.4, 0.5) is 5.69 Å². The van der Waals surface area contributed by atoms with Crippen molar-refractivity contribution >= 4 is 65.1 Å². The molecule has 0 atom stereocenters. The van der Waals surface area contributed by atoms with Crippen LogP contribution >= 0.6 is 27.3 Å². The fourth-order valence-corrected chi connectivity index (χ4v) is 6.26. The Balaban J connectivity index is 1.55. The number of nitro groups is 1. The minimum Gasteiger partial charge on any atom is -0.490 e. The van der Waals surface area contributed by atoms with Gasteiger partial charge in [-0.1, -0.05) is 23.5 Å². The molecule has 37 heavy (non-hydrogen) atoms. The van der Waals surface area contributed by atoms with Gasteiger partial charge in [0.05, 0.1) is 31.6 Å². The van der Waals surface area contributed by atoms with Gasteiger partial charge in [-0.3, -0.25) is 14.9 Å². The lowest BCUT2D eigenvalue weighted by Gasteiger charge is -2.14. The second-order valence-electron chi connectivity index (χ2n) is 7.69. The second kappa shape index (κ2) is 9.57. The minimum absolute atomic E-state index is 0.0910. The molecule has 0 N–H and O–H groups in total. The van der Waals surface area contributed by atoms with Gasteiger partial charge >= 0.3 is 10.1 Å². The van der Waals surface area contributed by atoms with Crippen LogP contribution in [0.1, 0.15) is 12.5 Å². The van der Waals surface area contributed by atoms with Gasteiger partial charge < -0.3 is 8.92 Å². The molecule has 13 heteroatoms. The summed E-state index contributed by atoms with van der Waals surface area (Å²) in [5, 5.41) is 10.9. The molecule has 2 aromatic heterocycles. The Labute approximate surface area is 221 Å². The number of rotatable bonds is 7. The predicted octanol–water partition coefficient (Wildman–Crippen LogP) is 4.29. The molecular formula is C24H16BrN3O7S2. The molecule has 0 saturated carbocycles. The predicted molar refractivity (Wildman–Crippen MR) is 142 cm³/mol. The highest BCUT2D eigenvalue weighted by molar-refractivity contribution is 9.10. The lowest BCUT2D eigenvalue weighted by atomic mass is 10.2. The molecule has 2 heterocycles. The third-order valence-electron chi connectivity index (χ3n) is 5.30. The Morgan fingerprint density at radius 2 is 1.89 bits per heavy atom. The average molecular weight is 602 g/mol. The van der Waals surface area contributed by atoms with Crippen molar-refractivity contribution in [2.45, 2.75) is 11.8 Å². The molecule has 0 spiro atoms. The topological polar surface area (TPSA) is 130 Å². The second-order valence-corrected chi connectivity index (χ2v) is 11.1. The van der Waals surface area contributed by atoms with Crippen molar-refractivity contribution in [3.63, 3.8) is 0 Å². The van der Waals surface area contributed by atoms with E-state index >= 15 is 0 Å². The summed E-state index contributed by atoms with van der Waals surface area (Å²) < 4.78 is 39.0. The molecule has 0 aliphatic heterocycles. The first-order chi connectivity index (χ1) is 17.7. The van der Waals surface area contributed by atoms with E-state index in [-0.39, 0.29) is 38.7 Å². The smallest absolute Gasteiger partial charge is 0.339 e. The first-order valence-corrected chi connectivity index (χ1v) is 13.8. The molecular weight excluding hydrogens is 586 g/mol. The van der Waals surface area contributed by atoms with Crippen molar-refractivity contribution in [3.05, 3.63) is 95.7 Å². The average Bonchev–Trinajstić information content (AvgIpc) is 3.37. The first kappa shape index (κ1) is 24.9. The van der Waals surface area contributed by atoms with Crippen LogP contribution in [-0.2, 0) is 10.1 Å². The highest BCUT2D eigenvalue weighted by atomic mass is 79.9. The standard InChI is InChI=1S/C24H16BrN3O7S2/c1-2-34-20-12-14(13-21-23(29)27-19-6-4-3-5-18(19)26-24(27)36-21)11-17(25)22(20)35-37(32,33)16-9-7-15(8-10-16)28(30)31/h3-13H,2H2,1H3/b21-13+. The maximum atomic E-state index is 13.1. The van der Waals surface area contributed by atoms with Crippen LogP contribution in [0, 0.1) is 10.1 Å². The number of ether oxygens (including phenoxy) is 1. The maximum Gasteiger partial charge on any atom is 0.339 e. The lowest BCUT2D eigenvalue weighted by molar-refractivity contribution is -0.384. The van der Waals surface area contributed by atoms with E-state index in [4.69, 9.17) is 8.92 Å². The van der Waals surface area contributed by atoms with Crippen LogP contribution in [-0.4, -0.2) is 29.3 Å². The Morgan fingerprint density at radius 3 is 2.59 bits per heavy atom. The van der Waals surface area contributed by atoms with E-state index in [0.717, 1.165) is 35.3 Å². The van der Waals surface area contributed by atoms with Crippen LogP contribution in [0.25, 0.3) is 22.1 Å². The number of nitrogens with zero attached hydrogens (tertiary/aromatic N) is 3. The molecule has 188 valence electrons. The van der Waals surface area contributed by atoms with Crippen LogP contribution < -0.4 is 19.0 Å². The van der Waals surface area contributed by atoms with Crippen LogP contribution in [0.3, 0.4) is 0 Å². The number of non-ortho nitro benzene ring substituents is 1. The van der Waals surface area contributed by atoms with Crippen molar-refractivity contribution in [3.8, 4) is 11.5 Å². The summed E-state index contributed by atoms with van der Waals surface area (Å²) >= 11 is 4.58. The summed E-state index contributed by atoms with van der Waals surface area (Å²) in [6, 6.07) is 14.9. The number of para-hydroxylation sites is 2. The van der Waals surface area contributed by atoms with E-state index in [1.165, 1.54) is 11.3 Å². The number of imidazole rings is 1. The van der Waals surface area contributed by atoms with Crippen molar-refractivity contribution in [2.75, 3.05) is 6.61 Å². The van der Waals surface area contributed by atoms with Crippen molar-refractivity contribution in [1.29, 1.82) is 0 Å². The summed E-state index contributed by atoms with van der Waals surface area (Å²) in [6.07, 6.45) is 1.67. The van der Waals surface area contributed by atoms with E-state index in [2.05, 4.69) is 20.9 Å². The van der Waals surface area contributed by atoms with E-state index in [9.17, 15) is 23.3 Å². The van der Waals surface area contributed by atoms with Gasteiger partial charge in [-0.2, -0.15) is 8.42 Å². The van der Waals surface area contributed by atoms with E-state index in [1.807, 2.05) is 24.3 Å². The summed E-state index contributed by atoms with van der Waals surface area (Å²) in [5.41, 5.74) is 1.55. The summed E-state index contributed by atoms with van der Waals surface area (Å²) in [6.45, 7) is 1.95. The van der Waals surface area contributed by atoms with Gasteiger partial charge in [0.1, 0.15) is 4.90 Å². The van der Waals surface area contributed by atoms with Gasteiger partial charge in [0.25, 0.3) is 11.2 Å². The van der Waals surface area contributed by atoms with Gasteiger partial charge in [-0.25, -0.2) is 9.38 Å². The highest BCUT2D eigenvalue weighted by Gasteiger charge is 2.23. The number of thiazole rings is 1. The quantitative estimate of drug-likeness (QED) is 0.153. The fourth-order valence-electron chi connectivity index (χ4n) is 3.67. The van der Waals surface area contributed by atoms with Crippen molar-refractivity contribution < 1.29 is 22.3 Å². The van der Waals surface area contributed by atoms with Gasteiger partial charge in [-0.15, -0.1) is 0 Å². The highest BCUT2D eigenvalue weighted by Crippen LogP contribution is 2.39. The monoisotopic (exact) mass is 601 g/mol. The lowest BCUT2D eigenvalue weighted by Crippen LogP contribution is -2.22. The third kappa shape index (κ3) is 4.68. The number of benzene rings is 3. The van der Waals surface area contributed by atoms with E-state index in [0.29, 0.717) is 15.1 Å².